The molecule has 0 radical (unpaired) electrons. The topological polar surface area (TPSA) is 46.6 Å². The maximum Gasteiger partial charge on any atom is 0.340 e. The van der Waals surface area contributed by atoms with Crippen molar-refractivity contribution in [1.29, 1.82) is 0 Å². The van der Waals surface area contributed by atoms with E-state index < -0.39 is 5.97 Å². The number of benzene rings is 1. The van der Waals surface area contributed by atoms with Gasteiger partial charge in [0.15, 0.2) is 0 Å². The van der Waals surface area contributed by atoms with Crippen molar-refractivity contribution in [2.24, 2.45) is 5.92 Å². The van der Waals surface area contributed by atoms with Crippen molar-refractivity contribution >= 4 is 41.2 Å². The number of nitrogens with zero attached hydrogens (tertiary/aromatic N) is 1. The molecule has 0 aliphatic carbocycles. The Morgan fingerprint density at radius 1 is 1.29 bits per heavy atom. The number of hydrogen-bond donors (Lipinski definition) is 0. The predicted octanol–water partition coefficient (Wildman–Crippen LogP) is 4.32. The largest absolute Gasteiger partial charge is 0.465 e. The molecular weight excluding hydrogens is 349 g/mol. The van der Waals surface area contributed by atoms with Crippen molar-refractivity contribution in [2.75, 3.05) is 13.7 Å². The molecule has 4 nitrogen and oxygen atoms in total. The molecule has 0 atom stereocenters. The van der Waals surface area contributed by atoms with Crippen LogP contribution in [-0.4, -0.2) is 30.4 Å². The summed E-state index contributed by atoms with van der Waals surface area (Å²) in [6, 6.07) is 5.04. The fourth-order valence-electron chi connectivity index (χ4n) is 2.58. The number of allylic oxidation sites excluding steroid dienone is 1. The summed E-state index contributed by atoms with van der Waals surface area (Å²) in [6.07, 6.45) is 1.64. The fourth-order valence-corrected chi connectivity index (χ4v) is 2.89. The lowest BCUT2D eigenvalue weighted by molar-refractivity contribution is -0.136. The second kappa shape index (κ2) is 7.41. The highest BCUT2D eigenvalue weighted by Gasteiger charge is 2.37. The molecule has 0 N–H and O–H groups in total. The van der Waals surface area contributed by atoms with Gasteiger partial charge in [0.1, 0.15) is 0 Å². The van der Waals surface area contributed by atoms with Crippen LogP contribution in [-0.2, 0) is 14.3 Å². The number of carbonyl (C=O) groups is 2. The molecule has 0 bridgehead atoms. The zero-order chi connectivity index (χ0) is 18.0. The van der Waals surface area contributed by atoms with Crippen LogP contribution < -0.4 is 0 Å². The number of ether oxygens (including phenoxy) is 1. The minimum atomic E-state index is -0.529. The van der Waals surface area contributed by atoms with Gasteiger partial charge in [0, 0.05) is 12.2 Å². The van der Waals surface area contributed by atoms with E-state index in [0.29, 0.717) is 33.4 Å². The Labute approximate surface area is 151 Å². The van der Waals surface area contributed by atoms with E-state index in [1.54, 1.807) is 36.1 Å². The molecule has 1 aromatic rings. The summed E-state index contributed by atoms with van der Waals surface area (Å²) >= 11 is 11.9. The van der Waals surface area contributed by atoms with Crippen molar-refractivity contribution in [3.63, 3.8) is 0 Å². The van der Waals surface area contributed by atoms with Gasteiger partial charge in [-0.1, -0.05) is 43.1 Å². The van der Waals surface area contributed by atoms with E-state index in [2.05, 4.69) is 0 Å². The van der Waals surface area contributed by atoms with Crippen LogP contribution >= 0.6 is 23.2 Å². The van der Waals surface area contributed by atoms with Crippen molar-refractivity contribution in [3.05, 3.63) is 50.7 Å². The molecule has 1 aliphatic heterocycles. The Balaban J connectivity index is 2.53. The molecule has 0 saturated heterocycles. The lowest BCUT2D eigenvalue weighted by Gasteiger charge is -2.19. The third kappa shape index (κ3) is 3.65. The van der Waals surface area contributed by atoms with E-state index in [0.717, 1.165) is 0 Å². The summed E-state index contributed by atoms with van der Waals surface area (Å²) in [5.41, 5.74) is 1.88. The van der Waals surface area contributed by atoms with Crippen molar-refractivity contribution in [2.45, 2.75) is 20.8 Å². The average molecular weight is 368 g/mol. The van der Waals surface area contributed by atoms with Crippen LogP contribution in [0, 0.1) is 5.92 Å². The summed E-state index contributed by atoms with van der Waals surface area (Å²) in [5, 5.41) is 0.814. The van der Waals surface area contributed by atoms with Crippen LogP contribution in [0.15, 0.2) is 35.0 Å². The minimum absolute atomic E-state index is 0.215. The second-order valence-electron chi connectivity index (χ2n) is 5.99. The van der Waals surface area contributed by atoms with Crippen LogP contribution in [0.4, 0.5) is 0 Å². The molecule has 1 heterocycles. The molecule has 0 aromatic heterocycles. The Bertz CT molecular complexity index is 751. The summed E-state index contributed by atoms with van der Waals surface area (Å²) < 4.78 is 4.85. The number of hydrogen-bond acceptors (Lipinski definition) is 3. The Morgan fingerprint density at radius 3 is 2.50 bits per heavy atom. The zero-order valence-corrected chi connectivity index (χ0v) is 15.5. The highest BCUT2D eigenvalue weighted by molar-refractivity contribution is 6.42. The van der Waals surface area contributed by atoms with Gasteiger partial charge in [-0.15, -0.1) is 0 Å². The highest BCUT2D eigenvalue weighted by atomic mass is 35.5. The van der Waals surface area contributed by atoms with Gasteiger partial charge in [-0.05, 0) is 36.6 Å². The molecule has 0 spiro atoms. The highest BCUT2D eigenvalue weighted by Crippen LogP contribution is 2.33. The third-order valence-electron chi connectivity index (χ3n) is 3.70. The Morgan fingerprint density at radius 2 is 1.96 bits per heavy atom. The van der Waals surface area contributed by atoms with Crippen LogP contribution in [0.25, 0.3) is 6.08 Å². The molecule has 1 amide bonds. The molecule has 24 heavy (non-hydrogen) atoms. The normalized spacial score (nSPS) is 16.5. The summed E-state index contributed by atoms with van der Waals surface area (Å²) in [6.45, 7) is 6.31. The lowest BCUT2D eigenvalue weighted by Crippen LogP contribution is -2.28. The van der Waals surface area contributed by atoms with E-state index in [9.17, 15) is 9.59 Å². The quantitative estimate of drug-likeness (QED) is 0.587. The summed E-state index contributed by atoms with van der Waals surface area (Å²) in [7, 11) is 1.30. The van der Waals surface area contributed by atoms with Crippen molar-refractivity contribution in [1.82, 2.24) is 4.90 Å². The summed E-state index contributed by atoms with van der Waals surface area (Å²) in [5.74, 6) is -0.474. The zero-order valence-electron chi connectivity index (χ0n) is 14.0. The minimum Gasteiger partial charge on any atom is -0.465 e. The standard InChI is InChI=1S/C18H19Cl2NO3/c1-10(2)9-21-11(3)16(18(23)24-4)13(17(21)22)7-12-5-6-14(19)15(20)8-12/h5-8,10H,9H2,1-4H3/b13-7-. The number of rotatable bonds is 4. The first-order chi connectivity index (χ1) is 11.3. The van der Waals surface area contributed by atoms with Gasteiger partial charge in [0.05, 0.1) is 28.3 Å². The van der Waals surface area contributed by atoms with Gasteiger partial charge in [0.2, 0.25) is 0 Å². The molecule has 0 saturated carbocycles. The first-order valence-electron chi connectivity index (χ1n) is 7.54. The van der Waals surface area contributed by atoms with Gasteiger partial charge < -0.3 is 9.64 Å². The smallest absolute Gasteiger partial charge is 0.340 e. The molecular formula is C18H19Cl2NO3. The Hall–Kier alpha value is -1.78. The number of amides is 1. The van der Waals surface area contributed by atoms with Gasteiger partial charge in [-0.25, -0.2) is 4.79 Å². The number of halogens is 2. The number of carbonyl (C=O) groups excluding carboxylic acids is 2. The maximum atomic E-state index is 12.8. The third-order valence-corrected chi connectivity index (χ3v) is 4.44. The van der Waals surface area contributed by atoms with Gasteiger partial charge in [-0.3, -0.25) is 4.79 Å². The first kappa shape index (κ1) is 18.6. The second-order valence-corrected chi connectivity index (χ2v) is 6.81. The van der Waals surface area contributed by atoms with E-state index >= 15 is 0 Å². The number of esters is 1. The van der Waals surface area contributed by atoms with Crippen LogP contribution in [0.3, 0.4) is 0 Å². The van der Waals surface area contributed by atoms with E-state index in [-0.39, 0.29) is 17.4 Å². The van der Waals surface area contributed by atoms with E-state index in [1.807, 2.05) is 13.8 Å². The molecule has 1 aromatic carbocycles. The molecule has 6 heteroatoms. The van der Waals surface area contributed by atoms with E-state index in [1.165, 1.54) is 7.11 Å². The van der Waals surface area contributed by atoms with Gasteiger partial charge in [0.25, 0.3) is 5.91 Å². The molecule has 128 valence electrons. The lowest BCUT2D eigenvalue weighted by atomic mass is 10.0. The average Bonchev–Trinajstić information content (AvgIpc) is 2.74. The van der Waals surface area contributed by atoms with Crippen LogP contribution in [0.2, 0.25) is 10.0 Å². The SMILES string of the molecule is COC(=O)C1=C(C)N(CC(C)C)C(=O)/C1=C\c1ccc(Cl)c(Cl)c1. The first-order valence-corrected chi connectivity index (χ1v) is 8.30. The summed E-state index contributed by atoms with van der Waals surface area (Å²) in [4.78, 5) is 26.6. The predicted molar refractivity (Wildman–Crippen MR) is 95.7 cm³/mol. The van der Waals surface area contributed by atoms with Crippen LogP contribution in [0.1, 0.15) is 26.3 Å². The molecule has 2 rings (SSSR count). The molecule has 0 fully saturated rings. The van der Waals surface area contributed by atoms with Gasteiger partial charge in [-0.2, -0.15) is 0 Å². The van der Waals surface area contributed by atoms with Crippen molar-refractivity contribution in [3.8, 4) is 0 Å². The van der Waals surface area contributed by atoms with E-state index in [4.69, 9.17) is 27.9 Å². The van der Waals surface area contributed by atoms with Crippen LogP contribution in [0.5, 0.6) is 0 Å². The monoisotopic (exact) mass is 367 g/mol. The maximum absolute atomic E-state index is 12.8. The van der Waals surface area contributed by atoms with Crippen molar-refractivity contribution < 1.29 is 14.3 Å². The Kier molecular flexibility index (Phi) is 5.73. The molecule has 0 unspecified atom stereocenters. The molecule has 1 aliphatic rings. The van der Waals surface area contributed by atoms with Gasteiger partial charge >= 0.3 is 5.97 Å². The number of methoxy groups -OCH3 is 1. The fraction of sp³-hybridized carbons (Fsp3) is 0.333.